The van der Waals surface area contributed by atoms with Crippen molar-refractivity contribution < 1.29 is 9.84 Å². The zero-order valence-electron chi connectivity index (χ0n) is 12.0. The third-order valence-corrected chi connectivity index (χ3v) is 3.38. The summed E-state index contributed by atoms with van der Waals surface area (Å²) >= 11 is 0. The Morgan fingerprint density at radius 3 is 2.84 bits per heavy atom. The van der Waals surface area contributed by atoms with E-state index in [0.29, 0.717) is 0 Å². The lowest BCUT2D eigenvalue weighted by atomic mass is 10.0. The van der Waals surface area contributed by atoms with Crippen molar-refractivity contribution in [2.45, 2.75) is 38.9 Å². The second kappa shape index (κ2) is 5.39. The Morgan fingerprint density at radius 2 is 2.21 bits per heavy atom. The normalized spacial score (nSPS) is 18.7. The van der Waals surface area contributed by atoms with Crippen LogP contribution >= 0.6 is 0 Å². The van der Waals surface area contributed by atoms with Crippen molar-refractivity contribution in [3.63, 3.8) is 0 Å². The molecule has 1 aliphatic rings. The highest BCUT2D eigenvalue weighted by Crippen LogP contribution is 2.38. The number of anilines is 1. The zero-order chi connectivity index (χ0) is 14.0. The van der Waals surface area contributed by atoms with E-state index in [4.69, 9.17) is 10.5 Å². The van der Waals surface area contributed by atoms with Crippen molar-refractivity contribution in [2.24, 2.45) is 5.73 Å². The van der Waals surface area contributed by atoms with Gasteiger partial charge in [0.1, 0.15) is 11.4 Å². The molecule has 0 radical (unpaired) electrons. The predicted octanol–water partition coefficient (Wildman–Crippen LogP) is 2.07. The summed E-state index contributed by atoms with van der Waals surface area (Å²) in [5.74, 6) is 0.887. The number of benzene rings is 1. The van der Waals surface area contributed by atoms with Crippen molar-refractivity contribution in [3.8, 4) is 5.75 Å². The summed E-state index contributed by atoms with van der Waals surface area (Å²) in [5, 5.41) is 9.87. The van der Waals surface area contributed by atoms with E-state index in [2.05, 4.69) is 25.7 Å². The summed E-state index contributed by atoms with van der Waals surface area (Å²) in [4.78, 5) is 2.32. The van der Waals surface area contributed by atoms with Gasteiger partial charge in [0.2, 0.25) is 0 Å². The highest BCUT2D eigenvalue weighted by atomic mass is 16.5. The van der Waals surface area contributed by atoms with Crippen LogP contribution in [0.2, 0.25) is 0 Å². The molecule has 106 valence electrons. The van der Waals surface area contributed by atoms with Crippen LogP contribution in [0.4, 0.5) is 5.69 Å². The van der Waals surface area contributed by atoms with Crippen LogP contribution < -0.4 is 15.4 Å². The maximum absolute atomic E-state index is 9.87. The average molecular weight is 264 g/mol. The molecule has 1 unspecified atom stereocenters. The number of aliphatic hydroxyl groups excluding tert-OH is 1. The quantitative estimate of drug-likeness (QED) is 0.874. The van der Waals surface area contributed by atoms with Gasteiger partial charge in [-0.1, -0.05) is 13.0 Å². The fraction of sp³-hybridized carbons (Fsp3) is 0.600. The van der Waals surface area contributed by atoms with Gasteiger partial charge in [-0.25, -0.2) is 0 Å². The van der Waals surface area contributed by atoms with Crippen LogP contribution in [0.15, 0.2) is 18.2 Å². The van der Waals surface area contributed by atoms with Gasteiger partial charge in [0.15, 0.2) is 0 Å². The molecule has 4 nitrogen and oxygen atoms in total. The standard InChI is InChI=1S/C15H24N2O2/c1-4-7-17-10-15(2,3)19-14-6-5-11(8-12(14)17)13(18)9-16/h5-6,8,13,18H,4,7,9-10,16H2,1-3H3. The van der Waals surface area contributed by atoms with E-state index in [1.807, 2.05) is 18.2 Å². The van der Waals surface area contributed by atoms with E-state index in [0.717, 1.165) is 36.5 Å². The van der Waals surface area contributed by atoms with Gasteiger partial charge in [-0.15, -0.1) is 0 Å². The third-order valence-electron chi connectivity index (χ3n) is 3.38. The van der Waals surface area contributed by atoms with Crippen LogP contribution in [-0.2, 0) is 0 Å². The van der Waals surface area contributed by atoms with Gasteiger partial charge in [0.05, 0.1) is 18.3 Å². The Labute approximate surface area is 115 Å². The van der Waals surface area contributed by atoms with E-state index in [1.165, 1.54) is 0 Å². The molecule has 0 spiro atoms. The molecule has 0 aliphatic carbocycles. The second-order valence-corrected chi connectivity index (χ2v) is 5.76. The molecule has 4 heteroatoms. The summed E-state index contributed by atoms with van der Waals surface area (Å²) < 4.78 is 6.01. The molecular formula is C15H24N2O2. The van der Waals surface area contributed by atoms with E-state index in [9.17, 15) is 5.11 Å². The molecule has 1 aromatic rings. The van der Waals surface area contributed by atoms with Crippen LogP contribution in [0.3, 0.4) is 0 Å². The lowest BCUT2D eigenvalue weighted by Crippen LogP contribution is -2.47. The Morgan fingerprint density at radius 1 is 1.47 bits per heavy atom. The molecule has 1 aliphatic heterocycles. The summed E-state index contributed by atoms with van der Waals surface area (Å²) in [6, 6.07) is 5.83. The van der Waals surface area contributed by atoms with Gasteiger partial charge in [0, 0.05) is 13.1 Å². The van der Waals surface area contributed by atoms with E-state index in [1.54, 1.807) is 0 Å². The monoisotopic (exact) mass is 264 g/mol. The largest absolute Gasteiger partial charge is 0.484 e. The van der Waals surface area contributed by atoms with Crippen LogP contribution in [-0.4, -0.2) is 30.3 Å². The second-order valence-electron chi connectivity index (χ2n) is 5.76. The first-order valence-corrected chi connectivity index (χ1v) is 6.93. The molecule has 1 atom stereocenters. The Kier molecular flexibility index (Phi) is 4.02. The Bertz CT molecular complexity index is 446. The third kappa shape index (κ3) is 3.01. The maximum Gasteiger partial charge on any atom is 0.143 e. The molecule has 0 aromatic heterocycles. The van der Waals surface area contributed by atoms with Gasteiger partial charge in [-0.2, -0.15) is 0 Å². The molecule has 0 bridgehead atoms. The van der Waals surface area contributed by atoms with Crippen molar-refractivity contribution in [1.29, 1.82) is 0 Å². The molecule has 0 saturated carbocycles. The van der Waals surface area contributed by atoms with E-state index in [-0.39, 0.29) is 12.1 Å². The van der Waals surface area contributed by atoms with Gasteiger partial charge in [-0.3, -0.25) is 0 Å². The fourth-order valence-electron chi connectivity index (χ4n) is 2.56. The van der Waals surface area contributed by atoms with Crippen molar-refractivity contribution >= 4 is 5.69 Å². The van der Waals surface area contributed by atoms with Crippen LogP contribution in [0.1, 0.15) is 38.9 Å². The van der Waals surface area contributed by atoms with Gasteiger partial charge >= 0.3 is 0 Å². The molecular weight excluding hydrogens is 240 g/mol. The summed E-state index contributed by atoms with van der Waals surface area (Å²) in [7, 11) is 0. The summed E-state index contributed by atoms with van der Waals surface area (Å²) in [6.07, 6.45) is 0.475. The minimum Gasteiger partial charge on any atom is -0.484 e. The van der Waals surface area contributed by atoms with Crippen molar-refractivity contribution in [2.75, 3.05) is 24.5 Å². The fourth-order valence-corrected chi connectivity index (χ4v) is 2.56. The first-order valence-electron chi connectivity index (χ1n) is 6.93. The number of rotatable bonds is 4. The zero-order valence-corrected chi connectivity index (χ0v) is 12.0. The number of nitrogens with zero attached hydrogens (tertiary/aromatic N) is 1. The Balaban J connectivity index is 2.37. The molecule has 0 saturated heterocycles. The van der Waals surface area contributed by atoms with Crippen molar-refractivity contribution in [1.82, 2.24) is 0 Å². The van der Waals surface area contributed by atoms with Crippen LogP contribution in [0.5, 0.6) is 5.75 Å². The molecule has 0 amide bonds. The van der Waals surface area contributed by atoms with Gasteiger partial charge in [0.25, 0.3) is 0 Å². The number of nitrogens with two attached hydrogens (primary N) is 1. The SMILES string of the molecule is CCCN1CC(C)(C)Oc2ccc(C(O)CN)cc21. The molecule has 19 heavy (non-hydrogen) atoms. The average Bonchev–Trinajstić information content (AvgIpc) is 2.36. The highest BCUT2D eigenvalue weighted by Gasteiger charge is 2.31. The lowest BCUT2D eigenvalue weighted by Gasteiger charge is -2.41. The first kappa shape index (κ1) is 14.2. The van der Waals surface area contributed by atoms with Crippen LogP contribution in [0, 0.1) is 0 Å². The van der Waals surface area contributed by atoms with Gasteiger partial charge < -0.3 is 20.5 Å². The number of fused-ring (bicyclic) bond motifs is 1. The number of aliphatic hydroxyl groups is 1. The molecule has 3 N–H and O–H groups in total. The lowest BCUT2D eigenvalue weighted by molar-refractivity contribution is 0.105. The molecule has 1 heterocycles. The predicted molar refractivity (Wildman–Crippen MR) is 77.7 cm³/mol. The number of ether oxygens (including phenoxy) is 1. The summed E-state index contributed by atoms with van der Waals surface area (Å²) in [6.45, 7) is 8.44. The smallest absolute Gasteiger partial charge is 0.143 e. The molecule has 1 aromatic carbocycles. The highest BCUT2D eigenvalue weighted by molar-refractivity contribution is 5.62. The molecule has 0 fully saturated rings. The first-order chi connectivity index (χ1) is 8.96. The summed E-state index contributed by atoms with van der Waals surface area (Å²) in [5.41, 5.74) is 7.25. The van der Waals surface area contributed by atoms with Gasteiger partial charge in [-0.05, 0) is 38.0 Å². The van der Waals surface area contributed by atoms with Crippen LogP contribution in [0.25, 0.3) is 0 Å². The number of hydrogen-bond donors (Lipinski definition) is 2. The molecule has 2 rings (SSSR count). The van der Waals surface area contributed by atoms with E-state index >= 15 is 0 Å². The van der Waals surface area contributed by atoms with Crippen molar-refractivity contribution in [3.05, 3.63) is 23.8 Å². The topological polar surface area (TPSA) is 58.7 Å². The minimum absolute atomic E-state index is 0.184. The van der Waals surface area contributed by atoms with E-state index < -0.39 is 6.10 Å². The Hall–Kier alpha value is -1.26. The maximum atomic E-state index is 9.87. The number of hydrogen-bond acceptors (Lipinski definition) is 4. The minimum atomic E-state index is -0.608.